The third-order valence-corrected chi connectivity index (χ3v) is 1.72. The van der Waals surface area contributed by atoms with Crippen LogP contribution in [0.5, 0.6) is 0 Å². The normalized spacial score (nSPS) is 11.7. The number of aromatic nitrogens is 4. The Kier molecular flexibility index (Phi) is 2.22. The van der Waals surface area contributed by atoms with Crippen LogP contribution in [-0.2, 0) is 4.79 Å². The van der Waals surface area contributed by atoms with Crippen molar-refractivity contribution in [1.82, 2.24) is 20.4 Å². The quantitative estimate of drug-likeness (QED) is 0.762. The second kappa shape index (κ2) is 3.43. The molecule has 16 heavy (non-hydrogen) atoms. The van der Waals surface area contributed by atoms with Crippen LogP contribution in [0.15, 0.2) is 12.3 Å². The van der Waals surface area contributed by atoms with Crippen molar-refractivity contribution in [2.45, 2.75) is 6.18 Å². The standard InChI is InChI=1S/C7H4F3N5O/c8-7(9,10)6(16)12-5-4-3(13-15-5)1-2-11-14-4/h1-2H,(H2,12,13,15,16). The average molecular weight is 231 g/mol. The molecule has 0 fully saturated rings. The predicted octanol–water partition coefficient (Wildman–Crippen LogP) is 0.854. The number of hydrogen-bond donors (Lipinski definition) is 2. The van der Waals surface area contributed by atoms with Crippen LogP contribution in [0.4, 0.5) is 19.0 Å². The minimum absolute atomic E-state index is 0.0695. The van der Waals surface area contributed by atoms with Crippen molar-refractivity contribution in [3.05, 3.63) is 12.3 Å². The van der Waals surface area contributed by atoms with Gasteiger partial charge in [0.1, 0.15) is 0 Å². The Hall–Kier alpha value is -2.19. The molecule has 0 saturated heterocycles. The number of hydrogen-bond acceptors (Lipinski definition) is 4. The number of H-pyrrole nitrogens is 1. The van der Waals surface area contributed by atoms with Crippen LogP contribution in [-0.4, -0.2) is 32.5 Å². The first-order chi connectivity index (χ1) is 7.48. The Morgan fingerprint density at radius 3 is 2.88 bits per heavy atom. The summed E-state index contributed by atoms with van der Waals surface area (Å²) >= 11 is 0. The largest absolute Gasteiger partial charge is 0.471 e. The lowest BCUT2D eigenvalue weighted by Crippen LogP contribution is -2.30. The minimum atomic E-state index is -4.96. The molecule has 2 heterocycles. The molecule has 0 aliphatic rings. The van der Waals surface area contributed by atoms with E-state index in [4.69, 9.17) is 0 Å². The molecular weight excluding hydrogens is 227 g/mol. The van der Waals surface area contributed by atoms with E-state index in [1.165, 1.54) is 12.3 Å². The van der Waals surface area contributed by atoms with E-state index in [9.17, 15) is 18.0 Å². The van der Waals surface area contributed by atoms with E-state index in [2.05, 4.69) is 20.4 Å². The van der Waals surface area contributed by atoms with Gasteiger partial charge in [0.25, 0.3) is 0 Å². The Morgan fingerprint density at radius 1 is 1.44 bits per heavy atom. The molecule has 6 nitrogen and oxygen atoms in total. The zero-order chi connectivity index (χ0) is 11.8. The number of anilines is 1. The summed E-state index contributed by atoms with van der Waals surface area (Å²) in [6.07, 6.45) is -3.62. The zero-order valence-corrected chi connectivity index (χ0v) is 7.54. The van der Waals surface area contributed by atoms with E-state index in [1.807, 2.05) is 0 Å². The highest BCUT2D eigenvalue weighted by atomic mass is 19.4. The molecule has 84 valence electrons. The third-order valence-electron chi connectivity index (χ3n) is 1.72. The van der Waals surface area contributed by atoms with Gasteiger partial charge in [-0.3, -0.25) is 15.2 Å². The van der Waals surface area contributed by atoms with Crippen LogP contribution >= 0.6 is 0 Å². The summed E-state index contributed by atoms with van der Waals surface area (Å²) in [5.74, 6) is -2.41. The van der Waals surface area contributed by atoms with Gasteiger partial charge in [-0.1, -0.05) is 0 Å². The van der Waals surface area contributed by atoms with Gasteiger partial charge >= 0.3 is 12.1 Å². The highest BCUT2D eigenvalue weighted by molar-refractivity contribution is 6.00. The summed E-state index contributed by atoms with van der Waals surface area (Å²) in [7, 11) is 0. The minimum Gasteiger partial charge on any atom is -0.299 e. The van der Waals surface area contributed by atoms with Gasteiger partial charge in [-0.05, 0) is 6.07 Å². The maximum Gasteiger partial charge on any atom is 0.471 e. The monoisotopic (exact) mass is 231 g/mol. The number of nitrogens with zero attached hydrogens (tertiary/aromatic N) is 3. The number of carbonyl (C=O) groups is 1. The summed E-state index contributed by atoms with van der Waals surface area (Å²) in [6, 6.07) is 1.47. The first kappa shape index (κ1) is 10.3. The molecule has 0 unspecified atom stereocenters. The fourth-order valence-corrected chi connectivity index (χ4v) is 1.03. The fourth-order valence-electron chi connectivity index (χ4n) is 1.03. The van der Waals surface area contributed by atoms with Gasteiger partial charge in [-0.25, -0.2) is 0 Å². The number of alkyl halides is 3. The summed E-state index contributed by atoms with van der Waals surface area (Å²) in [5, 5.41) is 14.5. The van der Waals surface area contributed by atoms with E-state index in [0.29, 0.717) is 5.52 Å². The Labute approximate surface area is 85.9 Å². The van der Waals surface area contributed by atoms with Crippen LogP contribution < -0.4 is 5.32 Å². The van der Waals surface area contributed by atoms with Crippen molar-refractivity contribution in [1.29, 1.82) is 0 Å². The van der Waals surface area contributed by atoms with Crippen molar-refractivity contribution < 1.29 is 18.0 Å². The number of fused-ring (bicyclic) bond motifs is 1. The lowest BCUT2D eigenvalue weighted by atomic mass is 10.4. The number of halogens is 3. The molecule has 2 aromatic rings. The lowest BCUT2D eigenvalue weighted by Gasteiger charge is -2.04. The maximum atomic E-state index is 12.0. The molecule has 2 rings (SSSR count). The van der Waals surface area contributed by atoms with E-state index in [-0.39, 0.29) is 11.3 Å². The summed E-state index contributed by atoms with van der Waals surface area (Å²) < 4.78 is 35.9. The van der Waals surface area contributed by atoms with E-state index >= 15 is 0 Å². The summed E-state index contributed by atoms with van der Waals surface area (Å²) in [4.78, 5) is 10.6. The topological polar surface area (TPSA) is 83.6 Å². The lowest BCUT2D eigenvalue weighted by molar-refractivity contribution is -0.167. The summed E-state index contributed by atoms with van der Waals surface area (Å²) in [5.41, 5.74) is 0.451. The SMILES string of the molecule is O=C(Nc1n[nH]c2ccnnc12)C(F)(F)F. The highest BCUT2D eigenvalue weighted by Gasteiger charge is 2.39. The Balaban J connectivity index is 2.32. The van der Waals surface area contributed by atoms with E-state index in [0.717, 1.165) is 0 Å². The highest BCUT2D eigenvalue weighted by Crippen LogP contribution is 2.20. The molecule has 1 amide bonds. The van der Waals surface area contributed by atoms with Gasteiger partial charge in [0.2, 0.25) is 0 Å². The average Bonchev–Trinajstić information content (AvgIpc) is 2.61. The van der Waals surface area contributed by atoms with Crippen molar-refractivity contribution in [2.24, 2.45) is 0 Å². The first-order valence-corrected chi connectivity index (χ1v) is 4.02. The second-order valence-corrected chi connectivity index (χ2v) is 2.82. The van der Waals surface area contributed by atoms with Gasteiger partial charge in [-0.15, -0.1) is 5.10 Å². The van der Waals surface area contributed by atoms with Crippen LogP contribution in [0.1, 0.15) is 0 Å². The molecule has 2 aromatic heterocycles. The van der Waals surface area contributed by atoms with Crippen LogP contribution in [0, 0.1) is 0 Å². The molecule has 0 aromatic carbocycles. The van der Waals surface area contributed by atoms with E-state index < -0.39 is 12.1 Å². The Morgan fingerprint density at radius 2 is 2.19 bits per heavy atom. The van der Waals surface area contributed by atoms with Crippen LogP contribution in [0.3, 0.4) is 0 Å². The van der Waals surface area contributed by atoms with Gasteiger partial charge in [0, 0.05) is 0 Å². The fraction of sp³-hybridized carbons (Fsp3) is 0.143. The number of amides is 1. The molecule has 9 heteroatoms. The number of rotatable bonds is 1. The predicted molar refractivity (Wildman–Crippen MR) is 46.4 cm³/mol. The van der Waals surface area contributed by atoms with Gasteiger partial charge < -0.3 is 0 Å². The number of nitrogens with one attached hydrogen (secondary N) is 2. The number of aromatic amines is 1. The summed E-state index contributed by atoms with van der Waals surface area (Å²) in [6.45, 7) is 0. The van der Waals surface area contributed by atoms with Crippen LogP contribution in [0.2, 0.25) is 0 Å². The first-order valence-electron chi connectivity index (χ1n) is 4.02. The van der Waals surface area contributed by atoms with Crippen LogP contribution in [0.25, 0.3) is 11.0 Å². The van der Waals surface area contributed by atoms with Gasteiger partial charge in [0.05, 0.1) is 11.7 Å². The van der Waals surface area contributed by atoms with Gasteiger partial charge in [0.15, 0.2) is 11.3 Å². The molecule has 0 bridgehead atoms. The van der Waals surface area contributed by atoms with Crippen molar-refractivity contribution in [3.8, 4) is 0 Å². The molecule has 0 atom stereocenters. The van der Waals surface area contributed by atoms with Crippen molar-refractivity contribution in [3.63, 3.8) is 0 Å². The Bertz CT molecular complexity index is 534. The van der Waals surface area contributed by atoms with E-state index in [1.54, 1.807) is 5.32 Å². The number of carbonyl (C=O) groups excluding carboxylic acids is 1. The molecule has 0 spiro atoms. The third kappa shape index (κ3) is 1.78. The molecule has 0 radical (unpaired) electrons. The molecule has 0 saturated carbocycles. The van der Waals surface area contributed by atoms with Crippen molar-refractivity contribution in [2.75, 3.05) is 5.32 Å². The van der Waals surface area contributed by atoms with Crippen molar-refractivity contribution >= 4 is 22.8 Å². The second-order valence-electron chi connectivity index (χ2n) is 2.82. The zero-order valence-electron chi connectivity index (χ0n) is 7.54. The molecule has 0 aliphatic carbocycles. The molecular formula is C7H4F3N5O. The maximum absolute atomic E-state index is 12.0. The smallest absolute Gasteiger partial charge is 0.299 e. The van der Waals surface area contributed by atoms with Gasteiger partial charge in [-0.2, -0.15) is 23.4 Å². The molecule has 0 aliphatic heterocycles. The molecule has 2 N–H and O–H groups in total.